The van der Waals surface area contributed by atoms with Crippen LogP contribution < -0.4 is 5.32 Å². The predicted octanol–water partition coefficient (Wildman–Crippen LogP) is 1.68. The van der Waals surface area contributed by atoms with Crippen LogP contribution in [-0.2, 0) is 4.79 Å². The highest BCUT2D eigenvalue weighted by Crippen LogP contribution is 2.32. The number of carbonyl (C=O) groups excluding carboxylic acids is 1. The Labute approximate surface area is 102 Å². The van der Waals surface area contributed by atoms with Crippen molar-refractivity contribution in [3.05, 3.63) is 0 Å². The Bertz CT molecular complexity index is 293. The monoisotopic (exact) mass is 242 g/mol. The molecule has 1 saturated heterocycles. The zero-order chi connectivity index (χ0) is 12.9. The van der Waals surface area contributed by atoms with Crippen molar-refractivity contribution in [1.82, 2.24) is 10.2 Å². The minimum atomic E-state index is -0.820. The molecule has 5 heteroatoms. The van der Waals surface area contributed by atoms with Crippen molar-refractivity contribution in [3.8, 4) is 0 Å². The first-order chi connectivity index (χ1) is 7.97. The molecule has 0 aromatic rings. The summed E-state index contributed by atoms with van der Waals surface area (Å²) < 4.78 is 0. The van der Waals surface area contributed by atoms with Gasteiger partial charge in [-0.2, -0.15) is 0 Å². The number of rotatable bonds is 5. The number of nitrogens with zero attached hydrogens (tertiary/aromatic N) is 1. The van der Waals surface area contributed by atoms with Gasteiger partial charge in [0.15, 0.2) is 0 Å². The highest BCUT2D eigenvalue weighted by Gasteiger charge is 2.34. The molecule has 1 unspecified atom stereocenters. The summed E-state index contributed by atoms with van der Waals surface area (Å²) in [7, 11) is 0. The topological polar surface area (TPSA) is 69.6 Å². The maximum atomic E-state index is 11.8. The van der Waals surface area contributed by atoms with Gasteiger partial charge in [0.25, 0.3) is 0 Å². The number of carboxylic acids is 1. The minimum absolute atomic E-state index is 0.0624. The summed E-state index contributed by atoms with van der Waals surface area (Å²) in [6.45, 7) is 6.38. The fraction of sp³-hybridized carbons (Fsp3) is 0.833. The van der Waals surface area contributed by atoms with E-state index >= 15 is 0 Å². The largest absolute Gasteiger partial charge is 0.481 e. The summed E-state index contributed by atoms with van der Waals surface area (Å²) in [5.41, 5.74) is 0.248. The molecule has 0 aromatic heterocycles. The van der Waals surface area contributed by atoms with Crippen molar-refractivity contribution in [2.24, 2.45) is 5.41 Å². The van der Waals surface area contributed by atoms with Crippen LogP contribution in [0.3, 0.4) is 0 Å². The van der Waals surface area contributed by atoms with Crippen LogP contribution >= 0.6 is 0 Å². The molecule has 2 amide bonds. The third-order valence-electron chi connectivity index (χ3n) is 3.54. The van der Waals surface area contributed by atoms with Crippen LogP contribution in [0.5, 0.6) is 0 Å². The maximum absolute atomic E-state index is 11.8. The zero-order valence-corrected chi connectivity index (χ0v) is 10.7. The van der Waals surface area contributed by atoms with Crippen molar-refractivity contribution in [1.29, 1.82) is 0 Å². The van der Waals surface area contributed by atoms with E-state index in [1.54, 1.807) is 0 Å². The molecule has 17 heavy (non-hydrogen) atoms. The van der Waals surface area contributed by atoms with Crippen LogP contribution in [0.2, 0.25) is 0 Å². The Morgan fingerprint density at radius 1 is 1.47 bits per heavy atom. The molecule has 0 aliphatic carbocycles. The van der Waals surface area contributed by atoms with Crippen molar-refractivity contribution < 1.29 is 14.7 Å². The molecule has 1 atom stereocenters. The minimum Gasteiger partial charge on any atom is -0.481 e. The van der Waals surface area contributed by atoms with Crippen LogP contribution in [-0.4, -0.2) is 41.6 Å². The standard InChI is InChI=1S/C12H22N2O3/c1-3-12(2)6-8-14(9-12)11(17)13-7-4-5-10(15)16/h3-9H2,1-2H3,(H,13,17)(H,15,16). The Kier molecular flexibility index (Phi) is 4.78. The number of carboxylic acid groups (broad SMARTS) is 1. The molecule has 1 fully saturated rings. The van der Waals surface area contributed by atoms with Gasteiger partial charge < -0.3 is 15.3 Å². The van der Waals surface area contributed by atoms with Crippen molar-refractivity contribution in [2.75, 3.05) is 19.6 Å². The highest BCUT2D eigenvalue weighted by molar-refractivity contribution is 5.74. The third-order valence-corrected chi connectivity index (χ3v) is 3.54. The van der Waals surface area contributed by atoms with E-state index in [9.17, 15) is 9.59 Å². The number of likely N-dealkylation sites (tertiary alicyclic amines) is 1. The zero-order valence-electron chi connectivity index (χ0n) is 10.7. The Hall–Kier alpha value is -1.26. The highest BCUT2D eigenvalue weighted by atomic mass is 16.4. The molecular formula is C12H22N2O3. The number of urea groups is 1. The molecule has 0 aromatic carbocycles. The number of amides is 2. The van der Waals surface area contributed by atoms with Crippen LogP contribution in [0.4, 0.5) is 4.79 Å². The maximum Gasteiger partial charge on any atom is 0.317 e. The van der Waals surface area contributed by atoms with E-state index in [0.717, 1.165) is 25.9 Å². The fourth-order valence-corrected chi connectivity index (χ4v) is 2.03. The molecule has 0 radical (unpaired) electrons. The van der Waals surface area contributed by atoms with Gasteiger partial charge in [-0.3, -0.25) is 4.79 Å². The smallest absolute Gasteiger partial charge is 0.317 e. The summed E-state index contributed by atoms with van der Waals surface area (Å²) in [6, 6.07) is -0.0624. The van der Waals surface area contributed by atoms with Gasteiger partial charge in [0, 0.05) is 26.1 Å². The van der Waals surface area contributed by atoms with E-state index in [-0.39, 0.29) is 17.9 Å². The number of hydrogen-bond acceptors (Lipinski definition) is 2. The molecule has 1 aliphatic heterocycles. The first kappa shape index (κ1) is 13.8. The second-order valence-electron chi connectivity index (χ2n) is 5.06. The molecule has 5 nitrogen and oxygen atoms in total. The van der Waals surface area contributed by atoms with Gasteiger partial charge in [0.2, 0.25) is 0 Å². The number of hydrogen-bond donors (Lipinski definition) is 2. The number of aliphatic carboxylic acids is 1. The summed E-state index contributed by atoms with van der Waals surface area (Å²) in [5, 5.41) is 11.2. The van der Waals surface area contributed by atoms with Gasteiger partial charge >= 0.3 is 12.0 Å². The Balaban J connectivity index is 2.23. The Morgan fingerprint density at radius 3 is 2.71 bits per heavy atom. The van der Waals surface area contributed by atoms with Gasteiger partial charge in [-0.25, -0.2) is 4.79 Å². The van der Waals surface area contributed by atoms with E-state index in [4.69, 9.17) is 5.11 Å². The lowest BCUT2D eigenvalue weighted by molar-refractivity contribution is -0.137. The van der Waals surface area contributed by atoms with Gasteiger partial charge in [0.05, 0.1) is 0 Å². The summed E-state index contributed by atoms with van der Waals surface area (Å²) in [4.78, 5) is 23.9. The first-order valence-corrected chi connectivity index (χ1v) is 6.21. The number of carbonyl (C=O) groups is 2. The quantitative estimate of drug-likeness (QED) is 0.721. The van der Waals surface area contributed by atoms with Crippen LogP contribution in [0, 0.1) is 5.41 Å². The first-order valence-electron chi connectivity index (χ1n) is 6.21. The molecule has 98 valence electrons. The fourth-order valence-electron chi connectivity index (χ4n) is 2.03. The summed E-state index contributed by atoms with van der Waals surface area (Å²) >= 11 is 0. The van der Waals surface area contributed by atoms with Crippen molar-refractivity contribution in [3.63, 3.8) is 0 Å². The van der Waals surface area contributed by atoms with Crippen molar-refractivity contribution in [2.45, 2.75) is 39.5 Å². The van der Waals surface area contributed by atoms with Crippen molar-refractivity contribution >= 4 is 12.0 Å². The lowest BCUT2D eigenvalue weighted by Crippen LogP contribution is -2.39. The van der Waals surface area contributed by atoms with E-state index in [1.807, 2.05) is 4.90 Å². The van der Waals surface area contributed by atoms with Crippen LogP contribution in [0.1, 0.15) is 39.5 Å². The molecular weight excluding hydrogens is 220 g/mol. The SMILES string of the molecule is CCC1(C)CCN(C(=O)NCCCC(=O)O)C1. The van der Waals surface area contributed by atoms with Gasteiger partial charge in [-0.1, -0.05) is 13.8 Å². The summed E-state index contributed by atoms with van der Waals surface area (Å²) in [6.07, 6.45) is 2.72. The summed E-state index contributed by atoms with van der Waals surface area (Å²) in [5.74, 6) is -0.820. The predicted molar refractivity (Wildman–Crippen MR) is 64.9 cm³/mol. The van der Waals surface area contributed by atoms with Gasteiger partial charge in [0.1, 0.15) is 0 Å². The molecule has 1 aliphatic rings. The molecule has 2 N–H and O–H groups in total. The van der Waals surface area contributed by atoms with E-state index in [1.165, 1.54) is 0 Å². The average molecular weight is 242 g/mol. The Morgan fingerprint density at radius 2 is 2.18 bits per heavy atom. The average Bonchev–Trinajstić information content (AvgIpc) is 2.68. The second kappa shape index (κ2) is 5.89. The molecule has 1 heterocycles. The molecule has 0 saturated carbocycles. The third kappa shape index (κ3) is 4.24. The molecule has 0 spiro atoms. The molecule has 0 bridgehead atoms. The van der Waals surface area contributed by atoms with E-state index in [2.05, 4.69) is 19.2 Å². The number of nitrogens with one attached hydrogen (secondary N) is 1. The lowest BCUT2D eigenvalue weighted by atomic mass is 9.87. The van der Waals surface area contributed by atoms with E-state index in [0.29, 0.717) is 13.0 Å². The van der Waals surface area contributed by atoms with E-state index < -0.39 is 5.97 Å². The lowest BCUT2D eigenvalue weighted by Gasteiger charge is -2.22. The van der Waals surface area contributed by atoms with Crippen LogP contribution in [0.25, 0.3) is 0 Å². The second-order valence-corrected chi connectivity index (χ2v) is 5.06. The molecule has 1 rings (SSSR count). The van der Waals surface area contributed by atoms with Crippen LogP contribution in [0.15, 0.2) is 0 Å². The normalized spacial score (nSPS) is 23.8. The van der Waals surface area contributed by atoms with Gasteiger partial charge in [-0.15, -0.1) is 0 Å². The van der Waals surface area contributed by atoms with Gasteiger partial charge in [-0.05, 0) is 24.7 Å².